The first-order valence-electron chi connectivity index (χ1n) is 7.86. The highest BCUT2D eigenvalue weighted by Gasteiger charge is 2.20. The number of rotatable bonds is 6. The lowest BCUT2D eigenvalue weighted by Gasteiger charge is -2.15. The normalized spacial score (nSPS) is 10.3. The molecule has 2 N–H and O–H groups in total. The summed E-state index contributed by atoms with van der Waals surface area (Å²) < 4.78 is 15.7. The van der Waals surface area contributed by atoms with E-state index in [9.17, 15) is 9.59 Å². The first kappa shape index (κ1) is 18.5. The number of hydrogen-bond donors (Lipinski definition) is 2. The molecule has 0 aliphatic heterocycles. The highest BCUT2D eigenvalue weighted by Crippen LogP contribution is 2.37. The molecule has 3 aromatic rings. The molecule has 2 heterocycles. The third-order valence-electron chi connectivity index (χ3n) is 3.57. The van der Waals surface area contributed by atoms with Crippen LogP contribution in [0.25, 0.3) is 0 Å². The number of benzene rings is 1. The van der Waals surface area contributed by atoms with Crippen molar-refractivity contribution in [2.45, 2.75) is 6.92 Å². The monoisotopic (exact) mass is 387 g/mol. The molecule has 0 saturated carbocycles. The molecule has 140 valence electrons. The fraction of sp³-hybridized carbons (Fsp3) is 0.167. The van der Waals surface area contributed by atoms with Crippen molar-refractivity contribution in [2.24, 2.45) is 0 Å². The fourth-order valence-electron chi connectivity index (χ4n) is 2.36. The van der Waals surface area contributed by atoms with E-state index < -0.39 is 5.91 Å². The minimum atomic E-state index is -0.478. The third kappa shape index (κ3) is 4.09. The molecule has 0 fully saturated rings. The zero-order valence-corrected chi connectivity index (χ0v) is 15.7. The predicted octanol–water partition coefficient (Wildman–Crippen LogP) is 3.57. The second-order valence-corrected chi connectivity index (χ2v) is 6.30. The van der Waals surface area contributed by atoms with Gasteiger partial charge in [0.2, 0.25) is 0 Å². The number of methoxy groups -OCH3 is 2. The van der Waals surface area contributed by atoms with Crippen molar-refractivity contribution in [2.75, 3.05) is 24.9 Å². The number of nitrogens with zero attached hydrogens (tertiary/aromatic N) is 1. The molecule has 2 amide bonds. The van der Waals surface area contributed by atoms with Crippen LogP contribution in [0.4, 0.5) is 10.8 Å². The Morgan fingerprint density at radius 2 is 1.96 bits per heavy atom. The lowest BCUT2D eigenvalue weighted by Crippen LogP contribution is -2.15. The summed E-state index contributed by atoms with van der Waals surface area (Å²) in [6.07, 6.45) is 1.40. The largest absolute Gasteiger partial charge is 0.493 e. The molecule has 9 heteroatoms. The number of furan rings is 1. The second-order valence-electron chi connectivity index (χ2n) is 5.44. The number of thiazole rings is 1. The zero-order chi connectivity index (χ0) is 19.4. The van der Waals surface area contributed by atoms with Crippen LogP contribution in [-0.2, 0) is 0 Å². The standard InChI is InChI=1S/C18H17N3O5S/c1-10-9-27-18(19-10)21-16(22)11-7-12(15(25-3)14(8-11)24-2)20-17(23)13-5-4-6-26-13/h4-9H,1-3H3,(H,20,23)(H,19,21,22). The number of hydrogen-bond acceptors (Lipinski definition) is 7. The Bertz CT molecular complexity index is 966. The van der Waals surface area contributed by atoms with E-state index in [1.165, 1.54) is 50.0 Å². The number of anilines is 2. The Balaban J connectivity index is 1.92. The van der Waals surface area contributed by atoms with E-state index >= 15 is 0 Å². The van der Waals surface area contributed by atoms with E-state index in [0.29, 0.717) is 16.6 Å². The molecule has 0 unspecified atom stereocenters. The fourth-order valence-corrected chi connectivity index (χ4v) is 3.04. The van der Waals surface area contributed by atoms with E-state index in [0.717, 1.165) is 5.69 Å². The summed E-state index contributed by atoms with van der Waals surface area (Å²) >= 11 is 1.32. The number of nitrogens with one attached hydrogen (secondary N) is 2. The molecule has 1 aromatic carbocycles. The molecular weight excluding hydrogens is 370 g/mol. The van der Waals surface area contributed by atoms with Gasteiger partial charge < -0.3 is 19.2 Å². The average Bonchev–Trinajstić information content (AvgIpc) is 3.32. The van der Waals surface area contributed by atoms with Crippen LogP contribution in [-0.4, -0.2) is 31.0 Å². The maximum absolute atomic E-state index is 12.6. The number of aryl methyl sites for hydroxylation is 1. The lowest BCUT2D eigenvalue weighted by atomic mass is 10.1. The van der Waals surface area contributed by atoms with Crippen molar-refractivity contribution in [3.63, 3.8) is 0 Å². The summed E-state index contributed by atoms with van der Waals surface area (Å²) in [5, 5.41) is 7.70. The van der Waals surface area contributed by atoms with Crippen LogP contribution in [0, 0.1) is 6.92 Å². The minimum Gasteiger partial charge on any atom is -0.493 e. The molecule has 0 spiro atoms. The molecule has 0 atom stereocenters. The van der Waals surface area contributed by atoms with Crippen LogP contribution in [0.1, 0.15) is 26.6 Å². The maximum atomic E-state index is 12.6. The van der Waals surface area contributed by atoms with Crippen LogP contribution < -0.4 is 20.1 Å². The molecule has 3 rings (SSSR count). The summed E-state index contributed by atoms with van der Waals surface area (Å²) in [5.74, 6) is -0.148. The summed E-state index contributed by atoms with van der Waals surface area (Å²) in [6, 6.07) is 6.15. The number of carbonyl (C=O) groups excluding carboxylic acids is 2. The van der Waals surface area contributed by atoms with Crippen LogP contribution in [0.3, 0.4) is 0 Å². The quantitative estimate of drug-likeness (QED) is 0.670. The Kier molecular flexibility index (Phi) is 5.41. The number of carbonyl (C=O) groups is 2. The van der Waals surface area contributed by atoms with Gasteiger partial charge in [-0.15, -0.1) is 11.3 Å². The van der Waals surface area contributed by atoms with Gasteiger partial charge in [-0.05, 0) is 31.2 Å². The Morgan fingerprint density at radius 3 is 2.56 bits per heavy atom. The van der Waals surface area contributed by atoms with Gasteiger partial charge in [0.15, 0.2) is 22.4 Å². The van der Waals surface area contributed by atoms with Crippen molar-refractivity contribution in [3.05, 3.63) is 52.9 Å². The molecule has 2 aromatic heterocycles. The summed E-state index contributed by atoms with van der Waals surface area (Å²) in [7, 11) is 2.89. The molecule has 0 bridgehead atoms. The summed E-state index contributed by atoms with van der Waals surface area (Å²) in [6.45, 7) is 1.84. The summed E-state index contributed by atoms with van der Waals surface area (Å²) in [4.78, 5) is 29.1. The Labute approximate surface area is 159 Å². The number of aromatic nitrogens is 1. The van der Waals surface area contributed by atoms with Crippen LogP contribution in [0.15, 0.2) is 40.3 Å². The van der Waals surface area contributed by atoms with Gasteiger partial charge in [0, 0.05) is 10.9 Å². The molecule has 0 aliphatic carbocycles. The lowest BCUT2D eigenvalue weighted by molar-refractivity contribution is 0.0992. The van der Waals surface area contributed by atoms with Crippen molar-refractivity contribution in [1.29, 1.82) is 0 Å². The molecule has 0 aliphatic rings. The highest BCUT2D eigenvalue weighted by atomic mass is 32.1. The Hall–Kier alpha value is -3.33. The van der Waals surface area contributed by atoms with Crippen molar-refractivity contribution < 1.29 is 23.5 Å². The van der Waals surface area contributed by atoms with E-state index in [4.69, 9.17) is 13.9 Å². The van der Waals surface area contributed by atoms with Gasteiger partial charge in [0.25, 0.3) is 11.8 Å². The van der Waals surface area contributed by atoms with Gasteiger partial charge in [-0.1, -0.05) is 0 Å². The van der Waals surface area contributed by atoms with Crippen LogP contribution >= 0.6 is 11.3 Å². The van der Waals surface area contributed by atoms with E-state index in [1.807, 2.05) is 12.3 Å². The van der Waals surface area contributed by atoms with Crippen molar-refractivity contribution in [3.8, 4) is 11.5 Å². The van der Waals surface area contributed by atoms with Gasteiger partial charge in [-0.25, -0.2) is 4.98 Å². The molecule has 27 heavy (non-hydrogen) atoms. The van der Waals surface area contributed by atoms with E-state index in [1.54, 1.807) is 6.07 Å². The minimum absolute atomic E-state index is 0.129. The van der Waals surface area contributed by atoms with Crippen molar-refractivity contribution >= 4 is 34.0 Å². The molecule has 8 nitrogen and oxygen atoms in total. The highest BCUT2D eigenvalue weighted by molar-refractivity contribution is 7.13. The number of ether oxygens (including phenoxy) is 2. The van der Waals surface area contributed by atoms with Gasteiger partial charge in [-0.2, -0.15) is 0 Å². The molecule has 0 saturated heterocycles. The van der Waals surface area contributed by atoms with Crippen LogP contribution in [0.2, 0.25) is 0 Å². The number of amides is 2. The Morgan fingerprint density at radius 1 is 1.15 bits per heavy atom. The van der Waals surface area contributed by atoms with E-state index in [2.05, 4.69) is 15.6 Å². The SMILES string of the molecule is COc1cc(C(=O)Nc2nc(C)cs2)cc(NC(=O)c2ccco2)c1OC. The third-order valence-corrected chi connectivity index (χ3v) is 4.45. The maximum Gasteiger partial charge on any atom is 0.291 e. The first-order chi connectivity index (χ1) is 13.0. The van der Waals surface area contributed by atoms with E-state index in [-0.39, 0.29) is 22.9 Å². The molecular formula is C18H17N3O5S. The van der Waals surface area contributed by atoms with Gasteiger partial charge in [0.05, 0.1) is 31.9 Å². The topological polar surface area (TPSA) is 103 Å². The van der Waals surface area contributed by atoms with Crippen LogP contribution in [0.5, 0.6) is 11.5 Å². The average molecular weight is 387 g/mol. The summed E-state index contributed by atoms with van der Waals surface area (Å²) in [5.41, 5.74) is 1.36. The predicted molar refractivity (Wildman–Crippen MR) is 101 cm³/mol. The van der Waals surface area contributed by atoms with Gasteiger partial charge >= 0.3 is 0 Å². The second kappa shape index (κ2) is 7.92. The first-order valence-corrected chi connectivity index (χ1v) is 8.74. The smallest absolute Gasteiger partial charge is 0.291 e. The van der Waals surface area contributed by atoms with Gasteiger partial charge in [-0.3, -0.25) is 14.9 Å². The van der Waals surface area contributed by atoms with Crippen molar-refractivity contribution in [1.82, 2.24) is 4.98 Å². The zero-order valence-electron chi connectivity index (χ0n) is 14.9. The van der Waals surface area contributed by atoms with Gasteiger partial charge in [0.1, 0.15) is 0 Å². The molecule has 0 radical (unpaired) electrons.